The molecule has 3 heteroatoms. The van der Waals surface area contributed by atoms with E-state index in [9.17, 15) is 0 Å². The third kappa shape index (κ3) is 4.54. The molecule has 3 N–H and O–H groups in total. The van der Waals surface area contributed by atoms with Gasteiger partial charge in [0.1, 0.15) is 0 Å². The van der Waals surface area contributed by atoms with Crippen LogP contribution >= 0.6 is 0 Å². The lowest BCUT2D eigenvalue weighted by atomic mass is 9.92. The Kier molecular flexibility index (Phi) is 3.31. The molecular formula is C12H25N3. The molecule has 0 aromatic heterocycles. The van der Waals surface area contributed by atoms with E-state index in [0.717, 1.165) is 6.42 Å². The molecule has 1 rings (SSSR count). The number of guanidine groups is 1. The second kappa shape index (κ2) is 4.03. The van der Waals surface area contributed by atoms with Crippen LogP contribution < -0.4 is 11.1 Å². The first-order valence-corrected chi connectivity index (χ1v) is 5.79. The van der Waals surface area contributed by atoms with Crippen molar-refractivity contribution >= 4 is 5.96 Å². The number of hydrogen-bond donors (Lipinski definition) is 2. The Morgan fingerprint density at radius 1 is 1.40 bits per heavy atom. The largest absolute Gasteiger partial charge is 0.370 e. The minimum absolute atomic E-state index is 0.00169. The minimum atomic E-state index is 0.00169. The summed E-state index contributed by atoms with van der Waals surface area (Å²) in [5, 5.41) is 3.20. The quantitative estimate of drug-likeness (QED) is 0.516. The second-order valence-electron chi connectivity index (χ2n) is 6.45. The van der Waals surface area contributed by atoms with Crippen molar-refractivity contribution in [3.63, 3.8) is 0 Å². The lowest BCUT2D eigenvalue weighted by Crippen LogP contribution is -2.45. The van der Waals surface area contributed by atoms with Gasteiger partial charge in [0.25, 0.3) is 0 Å². The smallest absolute Gasteiger partial charge is 0.189 e. The average Bonchev–Trinajstić information content (AvgIpc) is 2.25. The van der Waals surface area contributed by atoms with Gasteiger partial charge >= 0.3 is 0 Å². The molecule has 1 unspecified atom stereocenters. The van der Waals surface area contributed by atoms with Crippen molar-refractivity contribution in [2.24, 2.45) is 16.1 Å². The summed E-state index contributed by atoms with van der Waals surface area (Å²) >= 11 is 0. The Bertz CT molecular complexity index is 248. The summed E-state index contributed by atoms with van der Waals surface area (Å²) in [6.07, 6.45) is 3.57. The van der Waals surface area contributed by atoms with Crippen molar-refractivity contribution in [2.45, 2.75) is 65.5 Å². The van der Waals surface area contributed by atoms with Gasteiger partial charge in [0, 0.05) is 5.54 Å². The average molecular weight is 211 g/mol. The van der Waals surface area contributed by atoms with Gasteiger partial charge in [0.2, 0.25) is 0 Å². The van der Waals surface area contributed by atoms with Crippen molar-refractivity contribution in [3.05, 3.63) is 0 Å². The van der Waals surface area contributed by atoms with Gasteiger partial charge in [-0.3, -0.25) is 4.99 Å². The SMILES string of the molecule is CC1(C)CCC(N=C(N)NC(C)(C)C)C1. The molecule has 0 radical (unpaired) electrons. The van der Waals surface area contributed by atoms with Crippen molar-refractivity contribution in [3.8, 4) is 0 Å². The Hall–Kier alpha value is -0.730. The molecule has 1 aliphatic carbocycles. The molecule has 0 spiro atoms. The third-order valence-corrected chi connectivity index (χ3v) is 2.77. The zero-order valence-corrected chi connectivity index (χ0v) is 10.7. The van der Waals surface area contributed by atoms with Crippen molar-refractivity contribution < 1.29 is 0 Å². The number of nitrogens with two attached hydrogens (primary N) is 1. The fourth-order valence-corrected chi connectivity index (χ4v) is 2.12. The number of hydrogen-bond acceptors (Lipinski definition) is 1. The minimum Gasteiger partial charge on any atom is -0.370 e. The van der Waals surface area contributed by atoms with Gasteiger partial charge in [0.05, 0.1) is 6.04 Å². The Labute approximate surface area is 93.5 Å². The Balaban J connectivity index is 2.50. The van der Waals surface area contributed by atoms with E-state index in [-0.39, 0.29) is 5.54 Å². The summed E-state index contributed by atoms with van der Waals surface area (Å²) in [6.45, 7) is 10.9. The van der Waals surface area contributed by atoms with Crippen LogP contribution in [0, 0.1) is 5.41 Å². The standard InChI is InChI=1S/C12H25N3/c1-11(2,3)15-10(13)14-9-6-7-12(4,5)8-9/h9H,6-8H2,1-5H3,(H3,13,14,15). The fourth-order valence-electron chi connectivity index (χ4n) is 2.12. The molecular weight excluding hydrogens is 186 g/mol. The van der Waals surface area contributed by atoms with Gasteiger partial charge in [-0.2, -0.15) is 0 Å². The number of rotatable bonds is 1. The first-order valence-electron chi connectivity index (χ1n) is 5.79. The molecule has 88 valence electrons. The molecule has 0 aromatic carbocycles. The maximum Gasteiger partial charge on any atom is 0.189 e. The van der Waals surface area contributed by atoms with Crippen molar-refractivity contribution in [1.82, 2.24) is 5.32 Å². The molecule has 1 saturated carbocycles. The van der Waals surface area contributed by atoms with E-state index in [2.05, 4.69) is 44.9 Å². The molecule has 0 saturated heterocycles. The van der Waals surface area contributed by atoms with Gasteiger partial charge in [0.15, 0.2) is 5.96 Å². The van der Waals surface area contributed by atoms with E-state index in [1.54, 1.807) is 0 Å². The van der Waals surface area contributed by atoms with Crippen LogP contribution in [0.3, 0.4) is 0 Å². The molecule has 0 amide bonds. The first kappa shape index (κ1) is 12.3. The van der Waals surface area contributed by atoms with E-state index >= 15 is 0 Å². The number of aliphatic imine (C=N–C) groups is 1. The van der Waals surface area contributed by atoms with Crippen molar-refractivity contribution in [2.75, 3.05) is 0 Å². The van der Waals surface area contributed by atoms with E-state index in [4.69, 9.17) is 5.73 Å². The highest BCUT2D eigenvalue weighted by atomic mass is 15.1. The molecule has 15 heavy (non-hydrogen) atoms. The summed E-state index contributed by atoms with van der Waals surface area (Å²) in [5.74, 6) is 0.588. The summed E-state index contributed by atoms with van der Waals surface area (Å²) in [6, 6.07) is 0.412. The molecule has 3 nitrogen and oxygen atoms in total. The molecule has 1 atom stereocenters. The van der Waals surface area contributed by atoms with Crippen LogP contribution in [0.25, 0.3) is 0 Å². The summed E-state index contributed by atoms with van der Waals surface area (Å²) in [5.41, 5.74) is 6.31. The van der Waals surface area contributed by atoms with Gasteiger partial charge in [-0.05, 0) is 45.4 Å². The normalized spacial score (nSPS) is 26.7. The van der Waals surface area contributed by atoms with Crippen LogP contribution in [-0.2, 0) is 0 Å². The Morgan fingerprint density at radius 2 is 2.00 bits per heavy atom. The van der Waals surface area contributed by atoms with Crippen LogP contribution in [-0.4, -0.2) is 17.5 Å². The van der Waals surface area contributed by atoms with Gasteiger partial charge in [-0.15, -0.1) is 0 Å². The maximum atomic E-state index is 5.87. The van der Waals surface area contributed by atoms with Crippen LogP contribution in [0.15, 0.2) is 4.99 Å². The van der Waals surface area contributed by atoms with Gasteiger partial charge in [-0.1, -0.05) is 13.8 Å². The van der Waals surface area contributed by atoms with Crippen LogP contribution in [0.5, 0.6) is 0 Å². The first-order chi connectivity index (χ1) is 6.68. The topological polar surface area (TPSA) is 50.4 Å². The monoisotopic (exact) mass is 211 g/mol. The summed E-state index contributed by atoms with van der Waals surface area (Å²) in [4.78, 5) is 4.54. The highest BCUT2D eigenvalue weighted by Gasteiger charge is 2.30. The molecule has 0 bridgehead atoms. The van der Waals surface area contributed by atoms with Crippen LogP contribution in [0.4, 0.5) is 0 Å². The van der Waals surface area contributed by atoms with Gasteiger partial charge in [-0.25, -0.2) is 0 Å². The van der Waals surface area contributed by atoms with E-state index in [1.807, 2.05) is 0 Å². The Morgan fingerprint density at radius 3 is 2.40 bits per heavy atom. The van der Waals surface area contributed by atoms with E-state index < -0.39 is 0 Å². The molecule has 1 fully saturated rings. The zero-order chi connectivity index (χ0) is 11.7. The lowest BCUT2D eigenvalue weighted by Gasteiger charge is -2.22. The predicted octanol–water partition coefficient (Wildman–Crippen LogP) is 2.27. The summed E-state index contributed by atoms with van der Waals surface area (Å²) in [7, 11) is 0. The third-order valence-electron chi connectivity index (χ3n) is 2.77. The molecule has 0 heterocycles. The molecule has 0 aliphatic heterocycles. The lowest BCUT2D eigenvalue weighted by molar-refractivity contribution is 0.376. The zero-order valence-electron chi connectivity index (χ0n) is 10.7. The van der Waals surface area contributed by atoms with E-state index in [1.165, 1.54) is 12.8 Å². The molecule has 1 aliphatic rings. The highest BCUT2D eigenvalue weighted by Crippen LogP contribution is 2.38. The van der Waals surface area contributed by atoms with Crippen molar-refractivity contribution in [1.29, 1.82) is 0 Å². The van der Waals surface area contributed by atoms with Crippen LogP contribution in [0.1, 0.15) is 53.9 Å². The fraction of sp³-hybridized carbons (Fsp3) is 0.917. The highest BCUT2D eigenvalue weighted by molar-refractivity contribution is 5.78. The second-order valence-corrected chi connectivity index (χ2v) is 6.45. The number of nitrogens with one attached hydrogen (secondary N) is 1. The maximum absolute atomic E-state index is 5.87. The van der Waals surface area contributed by atoms with E-state index in [0.29, 0.717) is 17.4 Å². The predicted molar refractivity (Wildman–Crippen MR) is 65.9 cm³/mol. The van der Waals surface area contributed by atoms with Crippen LogP contribution in [0.2, 0.25) is 0 Å². The van der Waals surface area contributed by atoms with Gasteiger partial charge < -0.3 is 11.1 Å². The number of nitrogens with zero attached hydrogens (tertiary/aromatic N) is 1. The summed E-state index contributed by atoms with van der Waals surface area (Å²) < 4.78 is 0. The molecule has 0 aromatic rings.